The molecule has 0 unspecified atom stereocenters. The third-order valence-electron chi connectivity index (χ3n) is 1.49. The maximum absolute atomic E-state index is 11.0. The van der Waals surface area contributed by atoms with Crippen LogP contribution in [-0.4, -0.2) is 24.6 Å². The molecule has 0 aromatic carbocycles. The predicted octanol–water partition coefficient (Wildman–Crippen LogP) is 1.42. The van der Waals surface area contributed by atoms with Crippen LogP contribution in [0.5, 0.6) is 0 Å². The Bertz CT molecular complexity index is 111. The molecular formula is C7H14O2S2. The van der Waals surface area contributed by atoms with Gasteiger partial charge in [-0.15, -0.1) is 0 Å². The average Bonchev–Trinajstić information content (AvgIpc) is 2.03. The lowest BCUT2D eigenvalue weighted by Crippen LogP contribution is -2.17. The molecule has 0 aromatic heterocycles. The Morgan fingerprint density at radius 1 is 1.36 bits per heavy atom. The lowest BCUT2D eigenvalue weighted by atomic mass is 10.0. The maximum atomic E-state index is 11.0. The molecule has 0 spiro atoms. The highest BCUT2D eigenvalue weighted by atomic mass is 32.1. The third-order valence-corrected chi connectivity index (χ3v) is 2.01. The minimum absolute atomic E-state index is 0.0185. The first kappa shape index (κ1) is 11.2. The summed E-state index contributed by atoms with van der Waals surface area (Å²) < 4.78 is 4.61. The van der Waals surface area contributed by atoms with Gasteiger partial charge in [0.15, 0.2) is 0 Å². The Labute approximate surface area is 78.5 Å². The van der Waals surface area contributed by atoms with E-state index in [1.807, 2.05) is 0 Å². The van der Waals surface area contributed by atoms with Gasteiger partial charge in [0.05, 0.1) is 13.0 Å². The summed E-state index contributed by atoms with van der Waals surface area (Å²) in [5.74, 6) is 1.27. The second-order valence-electron chi connectivity index (χ2n) is 2.24. The van der Waals surface area contributed by atoms with Gasteiger partial charge in [0.1, 0.15) is 0 Å². The summed E-state index contributed by atoms with van der Waals surface area (Å²) >= 11 is 8.11. The summed E-state index contributed by atoms with van der Waals surface area (Å²) in [4.78, 5) is 11.0. The SMILES string of the molecule is COC(=O)C(CCS)CCS. The summed E-state index contributed by atoms with van der Waals surface area (Å²) in [6.07, 6.45) is 1.55. The van der Waals surface area contributed by atoms with E-state index >= 15 is 0 Å². The van der Waals surface area contributed by atoms with E-state index in [1.54, 1.807) is 0 Å². The molecule has 4 heteroatoms. The molecule has 0 aliphatic carbocycles. The summed E-state index contributed by atoms with van der Waals surface area (Å²) in [6, 6.07) is 0. The number of hydrogen-bond acceptors (Lipinski definition) is 4. The number of carbonyl (C=O) groups is 1. The first-order valence-electron chi connectivity index (χ1n) is 3.55. The Kier molecular flexibility index (Phi) is 6.96. The van der Waals surface area contributed by atoms with Gasteiger partial charge in [-0.3, -0.25) is 4.79 Å². The van der Waals surface area contributed by atoms with Crippen LogP contribution in [-0.2, 0) is 9.53 Å². The molecule has 2 nitrogen and oxygen atoms in total. The molecule has 0 saturated heterocycles. The van der Waals surface area contributed by atoms with Crippen LogP contribution < -0.4 is 0 Å². The van der Waals surface area contributed by atoms with E-state index in [4.69, 9.17) is 0 Å². The number of esters is 1. The normalized spacial score (nSPS) is 10.2. The fourth-order valence-electron chi connectivity index (χ4n) is 0.858. The van der Waals surface area contributed by atoms with Crippen LogP contribution in [0.3, 0.4) is 0 Å². The summed E-state index contributed by atoms with van der Waals surface area (Å²) in [6.45, 7) is 0. The van der Waals surface area contributed by atoms with Crippen LogP contribution in [0.25, 0.3) is 0 Å². The van der Waals surface area contributed by atoms with Crippen LogP contribution in [0.1, 0.15) is 12.8 Å². The molecule has 0 heterocycles. The van der Waals surface area contributed by atoms with Gasteiger partial charge in [0.25, 0.3) is 0 Å². The van der Waals surface area contributed by atoms with E-state index in [-0.39, 0.29) is 11.9 Å². The number of methoxy groups -OCH3 is 1. The molecule has 0 N–H and O–H groups in total. The number of rotatable bonds is 5. The van der Waals surface area contributed by atoms with Gasteiger partial charge in [-0.25, -0.2) is 0 Å². The topological polar surface area (TPSA) is 26.3 Å². The number of ether oxygens (including phenoxy) is 1. The fourth-order valence-corrected chi connectivity index (χ4v) is 1.48. The second kappa shape index (κ2) is 6.85. The molecule has 0 fully saturated rings. The zero-order valence-electron chi connectivity index (χ0n) is 6.62. The molecule has 0 radical (unpaired) electrons. The summed E-state index contributed by atoms with van der Waals surface area (Å²) in [5.41, 5.74) is 0. The quantitative estimate of drug-likeness (QED) is 0.511. The first-order valence-corrected chi connectivity index (χ1v) is 4.82. The van der Waals surface area contributed by atoms with Crippen LogP contribution in [0.2, 0.25) is 0 Å². The molecule has 0 saturated carbocycles. The van der Waals surface area contributed by atoms with Gasteiger partial charge >= 0.3 is 5.97 Å². The molecule has 0 rings (SSSR count). The van der Waals surface area contributed by atoms with Gasteiger partial charge in [-0.2, -0.15) is 25.3 Å². The van der Waals surface area contributed by atoms with E-state index < -0.39 is 0 Å². The number of carbonyl (C=O) groups excluding carboxylic acids is 1. The lowest BCUT2D eigenvalue weighted by Gasteiger charge is -2.10. The highest BCUT2D eigenvalue weighted by Gasteiger charge is 2.16. The molecule has 11 heavy (non-hydrogen) atoms. The zero-order chi connectivity index (χ0) is 8.69. The van der Waals surface area contributed by atoms with Crippen molar-refractivity contribution >= 4 is 31.2 Å². The Morgan fingerprint density at radius 3 is 2.09 bits per heavy atom. The molecule has 0 aliphatic heterocycles. The summed E-state index contributed by atoms with van der Waals surface area (Å²) in [7, 11) is 1.41. The van der Waals surface area contributed by atoms with Crippen molar-refractivity contribution in [3.8, 4) is 0 Å². The highest BCUT2D eigenvalue weighted by molar-refractivity contribution is 7.80. The molecule has 0 aromatic rings. The van der Waals surface area contributed by atoms with Crippen LogP contribution >= 0.6 is 25.3 Å². The van der Waals surface area contributed by atoms with E-state index in [1.165, 1.54) is 7.11 Å². The average molecular weight is 194 g/mol. The Balaban J connectivity index is 3.76. The van der Waals surface area contributed by atoms with E-state index in [2.05, 4.69) is 30.0 Å². The van der Waals surface area contributed by atoms with Crippen LogP contribution in [0.4, 0.5) is 0 Å². The van der Waals surface area contributed by atoms with Crippen molar-refractivity contribution in [2.75, 3.05) is 18.6 Å². The van der Waals surface area contributed by atoms with Gasteiger partial charge in [-0.05, 0) is 24.3 Å². The molecule has 0 amide bonds. The third kappa shape index (κ3) is 4.58. The number of thiol groups is 2. The minimum Gasteiger partial charge on any atom is -0.469 e. The highest BCUT2D eigenvalue weighted by Crippen LogP contribution is 2.11. The van der Waals surface area contributed by atoms with Crippen LogP contribution in [0, 0.1) is 5.92 Å². The van der Waals surface area contributed by atoms with Crippen molar-refractivity contribution in [3.63, 3.8) is 0 Å². The van der Waals surface area contributed by atoms with Crippen molar-refractivity contribution in [2.24, 2.45) is 5.92 Å². The van der Waals surface area contributed by atoms with Crippen molar-refractivity contribution in [1.82, 2.24) is 0 Å². The molecule has 0 aliphatic rings. The minimum atomic E-state index is -0.145. The smallest absolute Gasteiger partial charge is 0.308 e. The summed E-state index contributed by atoms with van der Waals surface area (Å²) in [5, 5.41) is 0. The van der Waals surface area contributed by atoms with Crippen molar-refractivity contribution in [1.29, 1.82) is 0 Å². The molecule has 0 bridgehead atoms. The van der Waals surface area contributed by atoms with E-state index in [0.717, 1.165) is 12.8 Å². The molecule has 66 valence electrons. The molecular weight excluding hydrogens is 180 g/mol. The lowest BCUT2D eigenvalue weighted by molar-refractivity contribution is -0.145. The van der Waals surface area contributed by atoms with Crippen molar-refractivity contribution in [3.05, 3.63) is 0 Å². The Morgan fingerprint density at radius 2 is 1.82 bits per heavy atom. The Hall–Kier alpha value is 0.170. The number of hydrogen-bond donors (Lipinski definition) is 2. The largest absolute Gasteiger partial charge is 0.469 e. The molecule has 0 atom stereocenters. The van der Waals surface area contributed by atoms with Gasteiger partial charge in [-0.1, -0.05) is 0 Å². The predicted molar refractivity (Wildman–Crippen MR) is 52.4 cm³/mol. The fraction of sp³-hybridized carbons (Fsp3) is 0.857. The van der Waals surface area contributed by atoms with E-state index in [9.17, 15) is 4.79 Å². The zero-order valence-corrected chi connectivity index (χ0v) is 8.41. The maximum Gasteiger partial charge on any atom is 0.308 e. The van der Waals surface area contributed by atoms with E-state index in [0.29, 0.717) is 11.5 Å². The van der Waals surface area contributed by atoms with Gasteiger partial charge in [0, 0.05) is 0 Å². The second-order valence-corrected chi connectivity index (χ2v) is 3.14. The first-order chi connectivity index (χ1) is 5.26. The van der Waals surface area contributed by atoms with Gasteiger partial charge < -0.3 is 4.74 Å². The monoisotopic (exact) mass is 194 g/mol. The standard InChI is InChI=1S/C7H14O2S2/c1-9-7(8)6(2-4-10)3-5-11/h6,10-11H,2-5H2,1H3. The van der Waals surface area contributed by atoms with Crippen LogP contribution in [0.15, 0.2) is 0 Å². The van der Waals surface area contributed by atoms with Crippen molar-refractivity contribution in [2.45, 2.75) is 12.8 Å². The van der Waals surface area contributed by atoms with Gasteiger partial charge in [0.2, 0.25) is 0 Å². The van der Waals surface area contributed by atoms with Crippen molar-refractivity contribution < 1.29 is 9.53 Å².